The summed E-state index contributed by atoms with van der Waals surface area (Å²) in [5.41, 5.74) is 0.510. The van der Waals surface area contributed by atoms with Gasteiger partial charge in [0.1, 0.15) is 5.82 Å². The van der Waals surface area contributed by atoms with Crippen LogP contribution >= 0.6 is 0 Å². The van der Waals surface area contributed by atoms with Crippen molar-refractivity contribution >= 4 is 5.91 Å². The van der Waals surface area contributed by atoms with E-state index in [9.17, 15) is 4.79 Å². The minimum Gasteiger partial charge on any atom is -0.350 e. The van der Waals surface area contributed by atoms with E-state index in [1.807, 2.05) is 13.8 Å². The van der Waals surface area contributed by atoms with Gasteiger partial charge >= 0.3 is 0 Å². The van der Waals surface area contributed by atoms with Gasteiger partial charge in [0.25, 0.3) is 5.91 Å². The van der Waals surface area contributed by atoms with Crippen LogP contribution in [0.2, 0.25) is 0 Å². The number of carbonyl (C=O) groups is 1. The summed E-state index contributed by atoms with van der Waals surface area (Å²) in [6, 6.07) is 0.184. The lowest BCUT2D eigenvalue weighted by atomic mass is 10.2. The van der Waals surface area contributed by atoms with Gasteiger partial charge in [-0.15, -0.1) is 0 Å². The lowest BCUT2D eigenvalue weighted by molar-refractivity contribution is 0.0938. The first kappa shape index (κ1) is 10.6. The van der Waals surface area contributed by atoms with Crippen LogP contribution in [0.3, 0.4) is 0 Å². The van der Waals surface area contributed by atoms with Gasteiger partial charge in [0.2, 0.25) is 0 Å². The molecule has 0 saturated carbocycles. The molecule has 0 aliphatic heterocycles. The Morgan fingerprint density at radius 2 is 2.07 bits per heavy atom. The summed E-state index contributed by atoms with van der Waals surface area (Å²) in [7, 11) is 0. The van der Waals surface area contributed by atoms with Gasteiger partial charge < -0.3 is 5.32 Å². The van der Waals surface area contributed by atoms with Gasteiger partial charge in [0.15, 0.2) is 0 Å². The van der Waals surface area contributed by atoms with Gasteiger partial charge in [-0.2, -0.15) is 0 Å². The molecule has 0 radical (unpaired) electrons. The fourth-order valence-electron chi connectivity index (χ4n) is 0.919. The van der Waals surface area contributed by atoms with Gasteiger partial charge in [-0.3, -0.25) is 4.79 Å². The summed E-state index contributed by atoms with van der Waals surface area (Å²) in [6.07, 6.45) is 4.00. The van der Waals surface area contributed by atoms with Gasteiger partial charge in [-0.1, -0.05) is 6.92 Å². The van der Waals surface area contributed by atoms with E-state index in [-0.39, 0.29) is 11.9 Å². The number of rotatable bonds is 3. The summed E-state index contributed by atoms with van der Waals surface area (Å²) >= 11 is 0. The SMILES string of the molecule is CCC(C)NC(=O)c1cnc(C)nc1. The second-order valence-corrected chi connectivity index (χ2v) is 3.30. The maximum absolute atomic E-state index is 11.5. The Morgan fingerprint density at radius 3 is 2.57 bits per heavy atom. The van der Waals surface area contributed by atoms with Crippen molar-refractivity contribution in [2.75, 3.05) is 0 Å². The molecule has 1 atom stereocenters. The van der Waals surface area contributed by atoms with E-state index in [0.717, 1.165) is 6.42 Å². The minimum absolute atomic E-state index is 0.112. The average molecular weight is 193 g/mol. The fourth-order valence-corrected chi connectivity index (χ4v) is 0.919. The van der Waals surface area contributed by atoms with Crippen molar-refractivity contribution in [3.8, 4) is 0 Å². The van der Waals surface area contributed by atoms with Crippen molar-refractivity contribution in [2.45, 2.75) is 33.2 Å². The minimum atomic E-state index is -0.112. The van der Waals surface area contributed by atoms with Crippen molar-refractivity contribution in [3.05, 3.63) is 23.8 Å². The molecule has 1 rings (SSSR count). The van der Waals surface area contributed by atoms with Crippen LogP contribution in [0.5, 0.6) is 0 Å². The van der Waals surface area contributed by atoms with E-state index in [1.165, 1.54) is 0 Å². The van der Waals surface area contributed by atoms with Crippen LogP contribution in [-0.4, -0.2) is 21.9 Å². The molecule has 14 heavy (non-hydrogen) atoms. The largest absolute Gasteiger partial charge is 0.350 e. The van der Waals surface area contributed by atoms with Crippen LogP contribution in [0.15, 0.2) is 12.4 Å². The molecular formula is C10H15N3O. The number of aryl methyl sites for hydroxylation is 1. The molecule has 0 spiro atoms. The Bertz CT molecular complexity index is 308. The van der Waals surface area contributed by atoms with Crippen molar-refractivity contribution in [1.82, 2.24) is 15.3 Å². The highest BCUT2D eigenvalue weighted by atomic mass is 16.1. The highest BCUT2D eigenvalue weighted by Crippen LogP contribution is 1.97. The van der Waals surface area contributed by atoms with Gasteiger partial charge in [0, 0.05) is 18.4 Å². The molecule has 0 bridgehead atoms. The predicted molar refractivity (Wildman–Crippen MR) is 54.0 cm³/mol. The Labute approximate surface area is 83.8 Å². The van der Waals surface area contributed by atoms with E-state index in [2.05, 4.69) is 15.3 Å². The zero-order valence-electron chi connectivity index (χ0n) is 8.74. The van der Waals surface area contributed by atoms with Crippen LogP contribution in [0.1, 0.15) is 36.5 Å². The van der Waals surface area contributed by atoms with Crippen molar-refractivity contribution in [2.24, 2.45) is 0 Å². The number of aromatic nitrogens is 2. The fraction of sp³-hybridized carbons (Fsp3) is 0.500. The lowest BCUT2D eigenvalue weighted by Crippen LogP contribution is -2.32. The molecule has 0 aliphatic carbocycles. The molecule has 1 aromatic rings. The van der Waals surface area contributed by atoms with Crippen LogP contribution in [0.25, 0.3) is 0 Å². The second kappa shape index (κ2) is 4.69. The number of amides is 1. The van der Waals surface area contributed by atoms with E-state index >= 15 is 0 Å². The highest BCUT2D eigenvalue weighted by Gasteiger charge is 2.08. The first-order valence-corrected chi connectivity index (χ1v) is 4.73. The maximum atomic E-state index is 11.5. The molecular weight excluding hydrogens is 178 g/mol. The average Bonchev–Trinajstić information content (AvgIpc) is 2.18. The van der Waals surface area contributed by atoms with Crippen LogP contribution < -0.4 is 5.32 Å². The van der Waals surface area contributed by atoms with Crippen LogP contribution in [-0.2, 0) is 0 Å². The highest BCUT2D eigenvalue weighted by molar-refractivity contribution is 5.93. The summed E-state index contributed by atoms with van der Waals surface area (Å²) in [5, 5.41) is 2.85. The molecule has 0 aromatic carbocycles. The number of nitrogens with zero attached hydrogens (tertiary/aromatic N) is 2. The molecule has 1 unspecified atom stereocenters. The third kappa shape index (κ3) is 2.80. The number of hydrogen-bond donors (Lipinski definition) is 1. The topological polar surface area (TPSA) is 54.9 Å². The molecule has 76 valence electrons. The summed E-state index contributed by atoms with van der Waals surface area (Å²) in [5.74, 6) is 0.560. The third-order valence-electron chi connectivity index (χ3n) is 2.03. The number of carbonyl (C=O) groups excluding carboxylic acids is 1. The molecule has 1 amide bonds. The zero-order chi connectivity index (χ0) is 10.6. The molecule has 0 aliphatic rings. The number of nitrogens with one attached hydrogen (secondary N) is 1. The summed E-state index contributed by atoms with van der Waals surface area (Å²) in [6.45, 7) is 5.78. The van der Waals surface area contributed by atoms with Gasteiger partial charge in [-0.05, 0) is 20.3 Å². The number of hydrogen-bond acceptors (Lipinski definition) is 3. The quantitative estimate of drug-likeness (QED) is 0.787. The predicted octanol–water partition coefficient (Wildman–Crippen LogP) is 1.31. The normalized spacial score (nSPS) is 12.2. The van der Waals surface area contributed by atoms with Crippen LogP contribution in [0.4, 0.5) is 0 Å². The van der Waals surface area contributed by atoms with Crippen molar-refractivity contribution in [1.29, 1.82) is 0 Å². The Hall–Kier alpha value is -1.45. The van der Waals surface area contributed by atoms with Crippen molar-refractivity contribution in [3.63, 3.8) is 0 Å². The monoisotopic (exact) mass is 193 g/mol. The third-order valence-corrected chi connectivity index (χ3v) is 2.03. The lowest BCUT2D eigenvalue weighted by Gasteiger charge is -2.10. The second-order valence-electron chi connectivity index (χ2n) is 3.30. The Balaban J connectivity index is 2.65. The zero-order valence-corrected chi connectivity index (χ0v) is 8.74. The Kier molecular flexibility index (Phi) is 3.56. The summed E-state index contributed by atoms with van der Waals surface area (Å²) < 4.78 is 0. The molecule has 0 fully saturated rings. The van der Waals surface area contributed by atoms with Gasteiger partial charge in [0.05, 0.1) is 5.56 Å². The molecule has 4 nitrogen and oxygen atoms in total. The van der Waals surface area contributed by atoms with E-state index in [4.69, 9.17) is 0 Å². The summed E-state index contributed by atoms with van der Waals surface area (Å²) in [4.78, 5) is 19.5. The van der Waals surface area contributed by atoms with E-state index in [1.54, 1.807) is 19.3 Å². The van der Waals surface area contributed by atoms with E-state index in [0.29, 0.717) is 11.4 Å². The molecule has 1 aromatic heterocycles. The first-order valence-electron chi connectivity index (χ1n) is 4.73. The molecule has 1 heterocycles. The molecule has 0 saturated heterocycles. The van der Waals surface area contributed by atoms with Crippen molar-refractivity contribution < 1.29 is 4.79 Å². The van der Waals surface area contributed by atoms with Crippen LogP contribution in [0, 0.1) is 6.92 Å². The van der Waals surface area contributed by atoms with Gasteiger partial charge in [-0.25, -0.2) is 9.97 Å². The maximum Gasteiger partial charge on any atom is 0.254 e. The Morgan fingerprint density at radius 1 is 1.50 bits per heavy atom. The van der Waals surface area contributed by atoms with E-state index < -0.39 is 0 Å². The molecule has 4 heteroatoms. The smallest absolute Gasteiger partial charge is 0.254 e. The molecule has 1 N–H and O–H groups in total. The standard InChI is InChI=1S/C10H15N3O/c1-4-7(2)13-10(14)9-5-11-8(3)12-6-9/h5-7H,4H2,1-3H3,(H,13,14). The first-order chi connectivity index (χ1) is 6.63.